The molecule has 0 spiro atoms. The minimum atomic E-state index is 0. The van der Waals surface area contributed by atoms with Crippen LogP contribution < -0.4 is 0 Å². The summed E-state index contributed by atoms with van der Waals surface area (Å²) in [4.78, 5) is 7.55. The van der Waals surface area contributed by atoms with Crippen molar-refractivity contribution in [1.29, 1.82) is 0 Å². The zero-order valence-corrected chi connectivity index (χ0v) is 8.26. The van der Waals surface area contributed by atoms with E-state index in [2.05, 4.69) is 36.8 Å². The van der Waals surface area contributed by atoms with Gasteiger partial charge >= 0.3 is 0 Å². The fourth-order valence-electron chi connectivity index (χ4n) is 1.34. The number of aromatic amines is 1. The molecule has 2 aromatic heterocycles. The minimum absolute atomic E-state index is 0. The average Bonchev–Trinajstić information content (AvgIpc) is 2.47. The molecule has 14 heavy (non-hydrogen) atoms. The minimum Gasteiger partial charge on any atom is -0.360 e. The summed E-state index contributed by atoms with van der Waals surface area (Å²) in [6.45, 7) is 6.58. The molecule has 76 valence electrons. The number of nitrogens with one attached hydrogen (secondary N) is 1. The van der Waals surface area contributed by atoms with Gasteiger partial charge in [0, 0.05) is 12.4 Å². The lowest BCUT2D eigenvalue weighted by atomic mass is 9.88. The number of hydrogen-bond donors (Lipinski definition) is 1. The smallest absolute Gasteiger partial charge is 0.0878 e. The lowest BCUT2D eigenvalue weighted by molar-refractivity contribution is 0.588. The van der Waals surface area contributed by atoms with Crippen LogP contribution in [-0.4, -0.2) is 9.97 Å². The number of rotatable bonds is 0. The molecule has 0 fully saturated rings. The second kappa shape index (κ2) is 3.45. The Balaban J connectivity index is 0.000000980. The van der Waals surface area contributed by atoms with E-state index in [1.807, 2.05) is 18.5 Å². The first-order valence-corrected chi connectivity index (χ1v) is 4.51. The van der Waals surface area contributed by atoms with Crippen LogP contribution in [0.15, 0.2) is 24.5 Å². The maximum absolute atomic E-state index is 4.38. The Kier molecular flexibility index (Phi) is 2.65. The van der Waals surface area contributed by atoms with Crippen LogP contribution in [0.5, 0.6) is 0 Å². The predicted molar refractivity (Wildman–Crippen MR) is 61.5 cm³/mol. The van der Waals surface area contributed by atoms with Gasteiger partial charge in [0.25, 0.3) is 0 Å². The second-order valence-electron chi connectivity index (χ2n) is 4.38. The molecule has 1 N–H and O–H groups in total. The molecule has 0 aliphatic rings. The molecule has 2 heterocycles. The van der Waals surface area contributed by atoms with Gasteiger partial charge in [-0.1, -0.05) is 28.2 Å². The molecule has 2 aromatic rings. The zero-order valence-electron chi connectivity index (χ0n) is 8.26. The Hall–Kier alpha value is -1.31. The number of hydrogen-bond acceptors (Lipinski definition) is 1. The Labute approximate surface area is 85.4 Å². The van der Waals surface area contributed by atoms with Crippen LogP contribution in [0, 0.1) is 0 Å². The van der Waals surface area contributed by atoms with Crippen molar-refractivity contribution in [3.05, 3.63) is 30.1 Å². The van der Waals surface area contributed by atoms with E-state index in [0.29, 0.717) is 0 Å². The van der Waals surface area contributed by atoms with Gasteiger partial charge in [-0.2, -0.15) is 0 Å². The summed E-state index contributed by atoms with van der Waals surface area (Å²) in [5.74, 6) is 0. The van der Waals surface area contributed by atoms with Crippen LogP contribution in [0.1, 0.15) is 33.8 Å². The summed E-state index contributed by atoms with van der Waals surface area (Å²) in [5, 5.41) is 0. The van der Waals surface area contributed by atoms with Crippen molar-refractivity contribution in [2.45, 2.75) is 33.6 Å². The summed E-state index contributed by atoms with van der Waals surface area (Å²) < 4.78 is 0. The average molecular weight is 190 g/mol. The summed E-state index contributed by atoms with van der Waals surface area (Å²) in [6.07, 6.45) is 3.88. The van der Waals surface area contributed by atoms with Gasteiger partial charge in [-0.25, -0.2) is 0 Å². The molecule has 0 unspecified atom stereocenters. The number of fused-ring (bicyclic) bond motifs is 1. The topological polar surface area (TPSA) is 28.7 Å². The van der Waals surface area contributed by atoms with Crippen LogP contribution in [0.4, 0.5) is 0 Å². The van der Waals surface area contributed by atoms with Crippen LogP contribution in [0.25, 0.3) is 11.0 Å². The Bertz CT molecular complexity index is 421. The quantitative estimate of drug-likeness (QED) is 0.676. The molecule has 0 aromatic carbocycles. The Morgan fingerprint density at radius 2 is 2.00 bits per heavy atom. The first-order chi connectivity index (χ1) is 6.07. The maximum atomic E-state index is 4.38. The maximum Gasteiger partial charge on any atom is 0.0878 e. The van der Waals surface area contributed by atoms with Gasteiger partial charge in [0.05, 0.1) is 11.0 Å². The van der Waals surface area contributed by atoms with E-state index in [-0.39, 0.29) is 12.8 Å². The van der Waals surface area contributed by atoms with Crippen molar-refractivity contribution < 1.29 is 0 Å². The van der Waals surface area contributed by atoms with Crippen molar-refractivity contribution in [2.75, 3.05) is 0 Å². The third-order valence-corrected chi connectivity index (χ3v) is 2.26. The highest BCUT2D eigenvalue weighted by Gasteiger charge is 2.14. The van der Waals surface area contributed by atoms with E-state index in [1.165, 1.54) is 5.56 Å². The highest BCUT2D eigenvalue weighted by atomic mass is 14.8. The standard InChI is InChI=1S/C11H14N2.CH4/c1-11(2,3)8-6-10-9(13-7-8)4-5-12-10;/h4-7,12H,1-3H3;1H4. The predicted octanol–water partition coefficient (Wildman–Crippen LogP) is 3.50. The van der Waals surface area contributed by atoms with Crippen LogP contribution in [-0.2, 0) is 5.41 Å². The second-order valence-corrected chi connectivity index (χ2v) is 4.38. The fraction of sp³-hybridized carbons (Fsp3) is 0.417. The van der Waals surface area contributed by atoms with E-state index in [9.17, 15) is 0 Å². The number of nitrogens with zero attached hydrogens (tertiary/aromatic N) is 1. The van der Waals surface area contributed by atoms with Gasteiger partial charge in [-0.3, -0.25) is 4.98 Å². The van der Waals surface area contributed by atoms with Crippen molar-refractivity contribution in [3.63, 3.8) is 0 Å². The molecular formula is C12H18N2. The zero-order chi connectivity index (χ0) is 9.47. The SMILES string of the molecule is C.CC(C)(C)c1cnc2cc[nH]c2c1. The first-order valence-electron chi connectivity index (χ1n) is 4.51. The van der Waals surface area contributed by atoms with Crippen LogP contribution in [0.3, 0.4) is 0 Å². The third kappa shape index (κ3) is 1.79. The Morgan fingerprint density at radius 1 is 1.29 bits per heavy atom. The molecule has 2 nitrogen and oxygen atoms in total. The fourth-order valence-corrected chi connectivity index (χ4v) is 1.34. The van der Waals surface area contributed by atoms with Crippen LogP contribution >= 0.6 is 0 Å². The molecular weight excluding hydrogens is 172 g/mol. The van der Waals surface area contributed by atoms with Crippen molar-refractivity contribution >= 4 is 11.0 Å². The number of aromatic nitrogens is 2. The van der Waals surface area contributed by atoms with E-state index in [4.69, 9.17) is 0 Å². The molecule has 0 amide bonds. The molecule has 0 radical (unpaired) electrons. The largest absolute Gasteiger partial charge is 0.360 e. The third-order valence-electron chi connectivity index (χ3n) is 2.26. The molecule has 0 aliphatic carbocycles. The molecule has 0 saturated heterocycles. The number of pyridine rings is 1. The monoisotopic (exact) mass is 190 g/mol. The van der Waals surface area contributed by atoms with Gasteiger partial charge < -0.3 is 4.98 Å². The molecule has 0 saturated carbocycles. The van der Waals surface area contributed by atoms with E-state index < -0.39 is 0 Å². The summed E-state index contributed by atoms with van der Waals surface area (Å²) in [6, 6.07) is 4.16. The Morgan fingerprint density at radius 3 is 2.64 bits per heavy atom. The van der Waals surface area contributed by atoms with Crippen molar-refractivity contribution in [1.82, 2.24) is 9.97 Å². The van der Waals surface area contributed by atoms with Gasteiger partial charge in [0.2, 0.25) is 0 Å². The van der Waals surface area contributed by atoms with Gasteiger partial charge in [0.1, 0.15) is 0 Å². The number of H-pyrrole nitrogens is 1. The highest BCUT2D eigenvalue weighted by molar-refractivity contribution is 5.75. The van der Waals surface area contributed by atoms with E-state index in [1.54, 1.807) is 0 Å². The lowest BCUT2D eigenvalue weighted by Gasteiger charge is -2.17. The summed E-state index contributed by atoms with van der Waals surface area (Å²) >= 11 is 0. The highest BCUT2D eigenvalue weighted by Crippen LogP contribution is 2.23. The van der Waals surface area contributed by atoms with Gasteiger partial charge in [0.15, 0.2) is 0 Å². The summed E-state index contributed by atoms with van der Waals surface area (Å²) in [7, 11) is 0. The molecule has 0 atom stereocenters. The lowest BCUT2D eigenvalue weighted by Crippen LogP contribution is -2.11. The van der Waals surface area contributed by atoms with Gasteiger partial charge in [-0.15, -0.1) is 0 Å². The van der Waals surface area contributed by atoms with Crippen molar-refractivity contribution in [2.24, 2.45) is 0 Å². The van der Waals surface area contributed by atoms with Gasteiger partial charge in [-0.05, 0) is 23.1 Å². The molecule has 2 rings (SSSR count). The van der Waals surface area contributed by atoms with E-state index in [0.717, 1.165) is 11.0 Å². The first kappa shape index (κ1) is 10.8. The molecule has 0 aliphatic heterocycles. The summed E-state index contributed by atoms with van der Waals surface area (Å²) in [5.41, 5.74) is 3.59. The van der Waals surface area contributed by atoms with E-state index >= 15 is 0 Å². The molecule has 0 bridgehead atoms. The normalized spacial score (nSPS) is 11.4. The molecule has 2 heteroatoms. The van der Waals surface area contributed by atoms with Crippen LogP contribution in [0.2, 0.25) is 0 Å². The van der Waals surface area contributed by atoms with Crippen molar-refractivity contribution in [3.8, 4) is 0 Å².